The molecule has 88 valence electrons. The molecule has 2 rings (SSSR count). The maximum Gasteiger partial charge on any atom is 0.346 e. The number of hydrogen-bond acceptors (Lipinski definition) is 4. The summed E-state index contributed by atoms with van der Waals surface area (Å²) < 4.78 is 5.42. The highest BCUT2D eigenvalue weighted by molar-refractivity contribution is 7.12. The number of carbonyl (C=O) groups is 1. The van der Waals surface area contributed by atoms with Crippen LogP contribution in [0.15, 0.2) is 11.4 Å². The van der Waals surface area contributed by atoms with Crippen molar-refractivity contribution in [2.75, 3.05) is 6.61 Å². The van der Waals surface area contributed by atoms with Gasteiger partial charge >= 0.3 is 5.97 Å². The lowest BCUT2D eigenvalue weighted by atomic mass is 10.0. The highest BCUT2D eigenvalue weighted by Crippen LogP contribution is 2.31. The molecule has 0 radical (unpaired) electrons. The molecular weight excluding hydrogens is 228 g/mol. The van der Waals surface area contributed by atoms with Gasteiger partial charge in [0, 0.05) is 11.4 Å². The van der Waals surface area contributed by atoms with Gasteiger partial charge in [0.25, 0.3) is 0 Å². The van der Waals surface area contributed by atoms with Crippen LogP contribution in [0, 0.1) is 0 Å². The zero-order valence-electron chi connectivity index (χ0n) is 8.81. The van der Waals surface area contributed by atoms with Crippen LogP contribution in [0.4, 0.5) is 0 Å². The van der Waals surface area contributed by atoms with Crippen molar-refractivity contribution in [2.45, 2.75) is 31.3 Å². The van der Waals surface area contributed by atoms with Crippen LogP contribution in [-0.4, -0.2) is 28.4 Å². The summed E-state index contributed by atoms with van der Waals surface area (Å²) >= 11 is 1.13. The molecule has 1 fully saturated rings. The third-order valence-corrected chi connectivity index (χ3v) is 3.72. The molecule has 16 heavy (non-hydrogen) atoms. The molecule has 1 aliphatic carbocycles. The first-order valence-corrected chi connectivity index (χ1v) is 6.14. The van der Waals surface area contributed by atoms with Crippen molar-refractivity contribution in [3.63, 3.8) is 0 Å². The topological polar surface area (TPSA) is 66.8 Å². The number of carboxylic acid groups (broad SMARTS) is 1. The SMILES string of the molecule is O=C(O)c1cc(OCC2(O)CCCC2)cs1. The van der Waals surface area contributed by atoms with Gasteiger partial charge in [0.2, 0.25) is 0 Å². The van der Waals surface area contributed by atoms with E-state index in [-0.39, 0.29) is 11.5 Å². The standard InChI is InChI=1S/C11H14O4S/c12-10(13)9-5-8(6-16-9)15-7-11(14)3-1-2-4-11/h5-6,14H,1-4,7H2,(H,12,13). The molecule has 0 aliphatic heterocycles. The molecule has 2 N–H and O–H groups in total. The van der Waals surface area contributed by atoms with Crippen LogP contribution >= 0.6 is 11.3 Å². The molecule has 1 aromatic rings. The average Bonchev–Trinajstić information content (AvgIpc) is 2.84. The number of aromatic carboxylic acids is 1. The van der Waals surface area contributed by atoms with Crippen molar-refractivity contribution in [1.29, 1.82) is 0 Å². The predicted octanol–water partition coefficient (Wildman–Crippen LogP) is 2.13. The Morgan fingerprint density at radius 2 is 2.19 bits per heavy atom. The van der Waals surface area contributed by atoms with Gasteiger partial charge in [0.1, 0.15) is 17.2 Å². The molecule has 5 heteroatoms. The molecule has 0 aromatic carbocycles. The summed E-state index contributed by atoms with van der Waals surface area (Å²) in [7, 11) is 0. The molecular formula is C11H14O4S. The Bertz CT molecular complexity index is 379. The molecule has 0 bridgehead atoms. The zero-order valence-corrected chi connectivity index (χ0v) is 9.63. The van der Waals surface area contributed by atoms with Crippen molar-refractivity contribution in [2.24, 2.45) is 0 Å². The summed E-state index contributed by atoms with van der Waals surface area (Å²) in [6.45, 7) is 0.253. The number of rotatable bonds is 4. The Hall–Kier alpha value is -1.07. The number of hydrogen-bond donors (Lipinski definition) is 2. The van der Waals surface area contributed by atoms with Gasteiger partial charge in [0.05, 0.1) is 5.60 Å². The van der Waals surface area contributed by atoms with Gasteiger partial charge in [-0.1, -0.05) is 12.8 Å². The van der Waals surface area contributed by atoms with E-state index >= 15 is 0 Å². The molecule has 0 spiro atoms. The summed E-state index contributed by atoms with van der Waals surface area (Å²) in [6.07, 6.45) is 3.60. The van der Waals surface area contributed by atoms with Crippen LogP contribution < -0.4 is 4.74 Å². The quantitative estimate of drug-likeness (QED) is 0.848. The molecule has 1 aliphatic rings. The van der Waals surface area contributed by atoms with Gasteiger partial charge < -0.3 is 14.9 Å². The van der Waals surface area contributed by atoms with E-state index in [0.717, 1.165) is 37.0 Å². The second kappa shape index (κ2) is 4.43. The average molecular weight is 242 g/mol. The van der Waals surface area contributed by atoms with Crippen LogP contribution in [0.3, 0.4) is 0 Å². The second-order valence-electron chi connectivity index (χ2n) is 4.17. The number of ether oxygens (including phenoxy) is 1. The van der Waals surface area contributed by atoms with Crippen molar-refractivity contribution in [3.8, 4) is 5.75 Å². The third-order valence-electron chi connectivity index (χ3n) is 2.83. The first-order valence-electron chi connectivity index (χ1n) is 5.26. The molecule has 0 saturated heterocycles. The Balaban J connectivity index is 1.91. The van der Waals surface area contributed by atoms with Crippen molar-refractivity contribution < 1.29 is 19.7 Å². The highest BCUT2D eigenvalue weighted by Gasteiger charge is 2.32. The summed E-state index contributed by atoms with van der Waals surface area (Å²) in [5.74, 6) is -0.415. The lowest BCUT2D eigenvalue weighted by molar-refractivity contribution is 0.00153. The monoisotopic (exact) mass is 242 g/mol. The summed E-state index contributed by atoms with van der Waals surface area (Å²) in [6, 6.07) is 1.49. The minimum atomic E-state index is -0.945. The van der Waals surface area contributed by atoms with Crippen LogP contribution in [0.5, 0.6) is 5.75 Å². The molecule has 4 nitrogen and oxygen atoms in total. The van der Waals surface area contributed by atoms with E-state index < -0.39 is 11.6 Å². The van der Waals surface area contributed by atoms with Crippen LogP contribution in [0.25, 0.3) is 0 Å². The van der Waals surface area contributed by atoms with Crippen molar-refractivity contribution in [3.05, 3.63) is 16.3 Å². The van der Waals surface area contributed by atoms with Gasteiger partial charge in [-0.2, -0.15) is 0 Å². The van der Waals surface area contributed by atoms with Crippen LogP contribution in [0.2, 0.25) is 0 Å². The van der Waals surface area contributed by atoms with E-state index in [1.54, 1.807) is 5.38 Å². The van der Waals surface area contributed by atoms with Gasteiger partial charge in [-0.05, 0) is 12.8 Å². The smallest absolute Gasteiger partial charge is 0.346 e. The van der Waals surface area contributed by atoms with E-state index in [9.17, 15) is 9.90 Å². The van der Waals surface area contributed by atoms with Crippen LogP contribution in [0.1, 0.15) is 35.4 Å². The predicted molar refractivity (Wildman–Crippen MR) is 60.2 cm³/mol. The first-order chi connectivity index (χ1) is 7.59. The third kappa shape index (κ3) is 2.54. The van der Waals surface area contributed by atoms with E-state index in [1.165, 1.54) is 6.07 Å². The molecule has 1 saturated carbocycles. The lowest BCUT2D eigenvalue weighted by Gasteiger charge is -2.21. The van der Waals surface area contributed by atoms with E-state index in [4.69, 9.17) is 9.84 Å². The number of aliphatic hydroxyl groups is 1. The van der Waals surface area contributed by atoms with Gasteiger partial charge in [-0.25, -0.2) is 4.79 Å². The number of thiophene rings is 1. The van der Waals surface area contributed by atoms with Crippen molar-refractivity contribution in [1.82, 2.24) is 0 Å². The zero-order chi connectivity index (χ0) is 11.6. The summed E-state index contributed by atoms with van der Waals surface area (Å²) in [5, 5.41) is 20.4. The minimum Gasteiger partial charge on any atom is -0.490 e. The van der Waals surface area contributed by atoms with E-state index in [0.29, 0.717) is 5.75 Å². The van der Waals surface area contributed by atoms with E-state index in [2.05, 4.69) is 0 Å². The van der Waals surface area contributed by atoms with Gasteiger partial charge in [0.15, 0.2) is 0 Å². The molecule has 1 heterocycles. The fourth-order valence-electron chi connectivity index (χ4n) is 1.90. The summed E-state index contributed by atoms with van der Waals surface area (Å²) in [4.78, 5) is 10.9. The minimum absolute atomic E-state index is 0.253. The number of carboxylic acids is 1. The van der Waals surface area contributed by atoms with Gasteiger partial charge in [-0.15, -0.1) is 11.3 Å². The van der Waals surface area contributed by atoms with Gasteiger partial charge in [-0.3, -0.25) is 0 Å². The summed E-state index contributed by atoms with van der Waals surface area (Å²) in [5.41, 5.74) is -0.717. The van der Waals surface area contributed by atoms with Crippen molar-refractivity contribution >= 4 is 17.3 Å². The lowest BCUT2D eigenvalue weighted by Crippen LogP contribution is -2.32. The maximum atomic E-state index is 10.6. The largest absolute Gasteiger partial charge is 0.490 e. The molecule has 0 amide bonds. The Morgan fingerprint density at radius 3 is 2.75 bits per heavy atom. The first kappa shape index (κ1) is 11.4. The second-order valence-corrected chi connectivity index (χ2v) is 5.08. The molecule has 0 unspecified atom stereocenters. The van der Waals surface area contributed by atoms with Crippen LogP contribution in [-0.2, 0) is 0 Å². The Labute approximate surface area is 97.5 Å². The molecule has 0 atom stereocenters. The fraction of sp³-hybridized carbons (Fsp3) is 0.545. The fourth-order valence-corrected chi connectivity index (χ4v) is 2.57. The molecule has 1 aromatic heterocycles. The Morgan fingerprint density at radius 1 is 1.50 bits per heavy atom. The maximum absolute atomic E-state index is 10.6. The highest BCUT2D eigenvalue weighted by atomic mass is 32.1. The normalized spacial score (nSPS) is 18.6. The van der Waals surface area contributed by atoms with E-state index in [1.807, 2.05) is 0 Å². The Kier molecular flexibility index (Phi) is 3.16.